The van der Waals surface area contributed by atoms with Crippen LogP contribution in [0.2, 0.25) is 0 Å². The summed E-state index contributed by atoms with van der Waals surface area (Å²) in [5, 5.41) is 0. The molecule has 0 spiro atoms. The van der Waals surface area contributed by atoms with Crippen molar-refractivity contribution >= 4 is 11.6 Å². The molecule has 1 aliphatic heterocycles. The van der Waals surface area contributed by atoms with Crippen molar-refractivity contribution < 1.29 is 18.9 Å². The summed E-state index contributed by atoms with van der Waals surface area (Å²) in [5.74, 6) is 0.700. The van der Waals surface area contributed by atoms with Crippen molar-refractivity contribution in [1.29, 1.82) is 0 Å². The summed E-state index contributed by atoms with van der Waals surface area (Å²) in [7, 11) is 0. The number of hydrogen-bond acceptors (Lipinski definition) is 4. The molecule has 5 heteroatoms. The highest BCUT2D eigenvalue weighted by atomic mass is 35.5. The van der Waals surface area contributed by atoms with Gasteiger partial charge in [-0.05, 0) is 31.1 Å². The van der Waals surface area contributed by atoms with Gasteiger partial charge in [0.15, 0.2) is 0 Å². The van der Waals surface area contributed by atoms with Gasteiger partial charge in [-0.1, -0.05) is 13.3 Å². The predicted octanol–water partition coefficient (Wildman–Crippen LogP) is 3.26. The van der Waals surface area contributed by atoms with Crippen LogP contribution in [0.3, 0.4) is 0 Å². The van der Waals surface area contributed by atoms with E-state index in [1.807, 2.05) is 0 Å². The minimum Gasteiger partial charge on any atom is -0.381 e. The van der Waals surface area contributed by atoms with Crippen LogP contribution in [0.5, 0.6) is 0 Å². The summed E-state index contributed by atoms with van der Waals surface area (Å²) in [6.07, 6.45) is 5.40. The van der Waals surface area contributed by atoms with Gasteiger partial charge >= 0.3 is 0 Å². The van der Waals surface area contributed by atoms with Crippen LogP contribution in [0, 0.1) is 5.41 Å². The van der Waals surface area contributed by atoms with E-state index in [-0.39, 0.29) is 5.41 Å². The summed E-state index contributed by atoms with van der Waals surface area (Å²) in [6, 6.07) is 0. The van der Waals surface area contributed by atoms with Crippen molar-refractivity contribution in [2.45, 2.75) is 39.0 Å². The van der Waals surface area contributed by atoms with Crippen LogP contribution in [0.4, 0.5) is 0 Å². The normalized spacial score (nSPS) is 18.0. The lowest BCUT2D eigenvalue weighted by atomic mass is 9.79. The number of ether oxygens (including phenoxy) is 4. The molecule has 0 atom stereocenters. The van der Waals surface area contributed by atoms with Gasteiger partial charge in [-0.15, -0.1) is 11.6 Å². The molecule has 1 rings (SSSR count). The Morgan fingerprint density at radius 3 is 2.05 bits per heavy atom. The van der Waals surface area contributed by atoms with Gasteiger partial charge in [0.25, 0.3) is 0 Å². The molecular formula is C16H31ClO4. The van der Waals surface area contributed by atoms with Gasteiger partial charge in [0.05, 0.1) is 26.4 Å². The maximum atomic E-state index is 6.12. The average Bonchev–Trinajstić information content (AvgIpc) is 2.53. The van der Waals surface area contributed by atoms with Crippen LogP contribution < -0.4 is 0 Å². The Morgan fingerprint density at radius 1 is 0.905 bits per heavy atom. The highest BCUT2D eigenvalue weighted by Crippen LogP contribution is 2.35. The topological polar surface area (TPSA) is 36.9 Å². The fourth-order valence-corrected chi connectivity index (χ4v) is 2.73. The molecule has 0 bridgehead atoms. The minimum absolute atomic E-state index is 0.216. The van der Waals surface area contributed by atoms with E-state index in [1.165, 1.54) is 6.42 Å². The van der Waals surface area contributed by atoms with E-state index < -0.39 is 0 Å². The van der Waals surface area contributed by atoms with Crippen LogP contribution in [-0.2, 0) is 18.9 Å². The first kappa shape index (κ1) is 19.2. The van der Waals surface area contributed by atoms with Crippen LogP contribution in [0.25, 0.3) is 0 Å². The van der Waals surface area contributed by atoms with E-state index in [1.54, 1.807) is 0 Å². The molecular weight excluding hydrogens is 292 g/mol. The van der Waals surface area contributed by atoms with Crippen molar-refractivity contribution in [3.8, 4) is 0 Å². The molecule has 1 heterocycles. The molecule has 1 saturated heterocycles. The second-order valence-electron chi connectivity index (χ2n) is 5.69. The summed E-state index contributed by atoms with van der Waals surface area (Å²) in [5.41, 5.74) is 0.216. The molecule has 0 amide bonds. The number of halogens is 1. The van der Waals surface area contributed by atoms with Crippen molar-refractivity contribution in [1.82, 2.24) is 0 Å². The Morgan fingerprint density at radius 2 is 1.48 bits per heavy atom. The zero-order chi connectivity index (χ0) is 15.2. The highest BCUT2D eigenvalue weighted by molar-refractivity contribution is 6.18. The molecule has 0 aromatic carbocycles. The first-order chi connectivity index (χ1) is 10.3. The standard InChI is InChI=1S/C16H31ClO4/c1-2-3-7-18-11-13-21-14-12-20-10-6-16(15-17)4-8-19-9-5-16/h2-15H2,1H3. The average molecular weight is 323 g/mol. The lowest BCUT2D eigenvalue weighted by Gasteiger charge is -2.35. The highest BCUT2D eigenvalue weighted by Gasteiger charge is 2.31. The maximum absolute atomic E-state index is 6.12. The summed E-state index contributed by atoms with van der Waals surface area (Å²) < 4.78 is 21.9. The molecule has 0 radical (unpaired) electrons. The van der Waals surface area contributed by atoms with Crippen LogP contribution in [0.15, 0.2) is 0 Å². The van der Waals surface area contributed by atoms with Gasteiger partial charge < -0.3 is 18.9 Å². The van der Waals surface area contributed by atoms with Crippen molar-refractivity contribution in [2.75, 3.05) is 58.7 Å². The van der Waals surface area contributed by atoms with E-state index in [0.29, 0.717) is 32.3 Å². The zero-order valence-corrected chi connectivity index (χ0v) is 14.2. The molecule has 0 saturated carbocycles. The molecule has 1 fully saturated rings. The van der Waals surface area contributed by atoms with Crippen LogP contribution >= 0.6 is 11.6 Å². The lowest BCUT2D eigenvalue weighted by Crippen LogP contribution is -2.32. The smallest absolute Gasteiger partial charge is 0.0701 e. The number of unbranched alkanes of at least 4 members (excludes halogenated alkanes) is 1. The van der Waals surface area contributed by atoms with Gasteiger partial charge in [0.1, 0.15) is 0 Å². The monoisotopic (exact) mass is 322 g/mol. The fourth-order valence-electron chi connectivity index (χ4n) is 2.33. The molecule has 0 aliphatic carbocycles. The number of hydrogen-bond donors (Lipinski definition) is 0. The molecule has 0 N–H and O–H groups in total. The largest absolute Gasteiger partial charge is 0.381 e. The molecule has 126 valence electrons. The van der Waals surface area contributed by atoms with Gasteiger partial charge in [0.2, 0.25) is 0 Å². The van der Waals surface area contributed by atoms with Gasteiger partial charge in [-0.3, -0.25) is 0 Å². The van der Waals surface area contributed by atoms with Crippen LogP contribution in [0.1, 0.15) is 39.0 Å². The number of rotatable bonds is 13. The lowest BCUT2D eigenvalue weighted by molar-refractivity contribution is -0.0114. The summed E-state index contributed by atoms with van der Waals surface area (Å²) in [6.45, 7) is 8.00. The van der Waals surface area contributed by atoms with Crippen molar-refractivity contribution in [2.24, 2.45) is 5.41 Å². The molecule has 4 nitrogen and oxygen atoms in total. The first-order valence-corrected chi connectivity index (χ1v) is 8.73. The first-order valence-electron chi connectivity index (χ1n) is 8.20. The van der Waals surface area contributed by atoms with E-state index in [4.69, 9.17) is 30.5 Å². The molecule has 0 aromatic rings. The Kier molecular flexibility index (Phi) is 11.6. The third-order valence-corrected chi connectivity index (χ3v) is 4.57. The second-order valence-corrected chi connectivity index (χ2v) is 5.95. The molecule has 21 heavy (non-hydrogen) atoms. The zero-order valence-electron chi connectivity index (χ0n) is 13.4. The summed E-state index contributed by atoms with van der Waals surface area (Å²) >= 11 is 6.12. The Bertz CT molecular complexity index is 232. The Balaban J connectivity index is 1.87. The number of alkyl halides is 1. The fraction of sp³-hybridized carbons (Fsp3) is 1.00. The molecule has 0 unspecified atom stereocenters. The predicted molar refractivity (Wildman–Crippen MR) is 85.2 cm³/mol. The van der Waals surface area contributed by atoms with Gasteiger partial charge in [-0.25, -0.2) is 0 Å². The Labute approximate surface area is 134 Å². The maximum Gasteiger partial charge on any atom is 0.0701 e. The van der Waals surface area contributed by atoms with Crippen LogP contribution in [-0.4, -0.2) is 58.7 Å². The van der Waals surface area contributed by atoms with Gasteiger partial charge in [0, 0.05) is 32.3 Å². The van der Waals surface area contributed by atoms with Crippen molar-refractivity contribution in [3.63, 3.8) is 0 Å². The van der Waals surface area contributed by atoms with E-state index >= 15 is 0 Å². The minimum atomic E-state index is 0.216. The van der Waals surface area contributed by atoms with Gasteiger partial charge in [-0.2, -0.15) is 0 Å². The van der Waals surface area contributed by atoms with E-state index in [2.05, 4.69) is 6.92 Å². The molecule has 1 aliphatic rings. The Hall–Kier alpha value is 0.130. The van der Waals surface area contributed by atoms with Crippen molar-refractivity contribution in [3.05, 3.63) is 0 Å². The quantitative estimate of drug-likeness (QED) is 0.385. The second kappa shape index (κ2) is 12.7. The third-order valence-electron chi connectivity index (χ3n) is 4.00. The summed E-state index contributed by atoms with van der Waals surface area (Å²) in [4.78, 5) is 0. The third kappa shape index (κ3) is 8.99. The SMILES string of the molecule is CCCCOCCOCCOCCC1(CCl)CCOCC1. The van der Waals surface area contributed by atoms with E-state index in [0.717, 1.165) is 52.1 Å². The molecule has 0 aromatic heterocycles. The van der Waals surface area contributed by atoms with E-state index in [9.17, 15) is 0 Å².